The van der Waals surface area contributed by atoms with Crippen molar-refractivity contribution in [3.8, 4) is 0 Å². The fraction of sp³-hybridized carbons (Fsp3) is 0.105. The fourth-order valence-corrected chi connectivity index (χ4v) is 3.21. The van der Waals surface area contributed by atoms with Crippen LogP contribution < -0.4 is 16.0 Å². The molecule has 0 saturated carbocycles. The van der Waals surface area contributed by atoms with Crippen molar-refractivity contribution in [1.29, 1.82) is 0 Å². The van der Waals surface area contributed by atoms with E-state index in [0.717, 1.165) is 45.6 Å². The Morgan fingerprint density at radius 1 is 0.913 bits per heavy atom. The number of nitrogens with one attached hydrogen (secondary N) is 3. The second-order valence-electron chi connectivity index (χ2n) is 6.05. The minimum atomic E-state index is 0.308. The number of aromatic nitrogens is 2. The summed E-state index contributed by atoms with van der Waals surface area (Å²) in [5, 5.41) is 5.77. The van der Waals surface area contributed by atoms with E-state index in [-0.39, 0.29) is 0 Å². The van der Waals surface area contributed by atoms with Gasteiger partial charge in [-0.3, -0.25) is 0 Å². The lowest BCUT2D eigenvalue weighted by atomic mass is 10.2. The molecular weight excluding hydrogens is 284 g/mol. The van der Waals surface area contributed by atoms with Gasteiger partial charge in [0, 0.05) is 22.1 Å². The highest BCUT2D eigenvalue weighted by atomic mass is 15.0. The standard InChI is InChI=1S/C19H16N4/c1-3-14-10-16-5-7-18(22-16)19-8-6-17(23-19)11-15-4-2-13(21-15)9-12(1)20-14/h1-5,7-11,17,20-21,23H,6H2/b13-9-,15-11-,16-10?. The van der Waals surface area contributed by atoms with Crippen LogP contribution in [0.25, 0.3) is 18.2 Å². The molecule has 8 bridgehead atoms. The van der Waals surface area contributed by atoms with Crippen molar-refractivity contribution in [2.45, 2.75) is 12.5 Å². The molecule has 0 spiro atoms. The van der Waals surface area contributed by atoms with Gasteiger partial charge in [0.2, 0.25) is 0 Å². The van der Waals surface area contributed by atoms with Crippen molar-refractivity contribution < 1.29 is 0 Å². The molecule has 5 heterocycles. The molecule has 4 nitrogen and oxygen atoms in total. The monoisotopic (exact) mass is 300 g/mol. The van der Waals surface area contributed by atoms with Gasteiger partial charge >= 0.3 is 0 Å². The van der Waals surface area contributed by atoms with Gasteiger partial charge in [-0.15, -0.1) is 0 Å². The molecular formula is C19H16N4. The zero-order valence-corrected chi connectivity index (χ0v) is 12.5. The SMILES string of the molecule is C1=CC2=NC1=Cc1ccc([nH]1)/C=c1/cc/c([nH]1)=C/C1CC=C2N1. The maximum absolute atomic E-state index is 4.71. The largest absolute Gasteiger partial charge is 0.377 e. The van der Waals surface area contributed by atoms with Gasteiger partial charge in [-0.1, -0.05) is 6.08 Å². The van der Waals surface area contributed by atoms with E-state index in [9.17, 15) is 0 Å². The Kier molecular flexibility index (Phi) is 2.58. The van der Waals surface area contributed by atoms with Crippen molar-refractivity contribution in [2.75, 3.05) is 0 Å². The summed E-state index contributed by atoms with van der Waals surface area (Å²) >= 11 is 0. The van der Waals surface area contributed by atoms with Crippen molar-refractivity contribution >= 4 is 23.9 Å². The third kappa shape index (κ3) is 2.28. The second-order valence-corrected chi connectivity index (χ2v) is 6.05. The summed E-state index contributed by atoms with van der Waals surface area (Å²) in [6.45, 7) is 0. The Morgan fingerprint density at radius 2 is 1.78 bits per heavy atom. The first-order valence-corrected chi connectivity index (χ1v) is 7.85. The van der Waals surface area contributed by atoms with Crippen LogP contribution in [0.5, 0.6) is 0 Å². The Balaban J connectivity index is 1.69. The van der Waals surface area contributed by atoms with E-state index in [2.05, 4.69) is 76.0 Å². The predicted octanol–water partition coefficient (Wildman–Crippen LogP) is 1.56. The minimum absolute atomic E-state index is 0.308. The first kappa shape index (κ1) is 12.5. The number of rotatable bonds is 0. The van der Waals surface area contributed by atoms with Crippen LogP contribution in [0.4, 0.5) is 0 Å². The van der Waals surface area contributed by atoms with E-state index in [1.807, 2.05) is 0 Å². The van der Waals surface area contributed by atoms with E-state index < -0.39 is 0 Å². The predicted molar refractivity (Wildman–Crippen MR) is 93.0 cm³/mol. The first-order valence-electron chi connectivity index (χ1n) is 7.85. The van der Waals surface area contributed by atoms with Crippen LogP contribution in [-0.4, -0.2) is 21.7 Å². The van der Waals surface area contributed by atoms with Crippen LogP contribution in [0, 0.1) is 0 Å². The normalized spacial score (nSPS) is 24.2. The Morgan fingerprint density at radius 3 is 2.74 bits per heavy atom. The maximum Gasteiger partial charge on any atom is 0.0865 e. The summed E-state index contributed by atoms with van der Waals surface area (Å²) in [6, 6.07) is 8.69. The van der Waals surface area contributed by atoms with Crippen LogP contribution in [0.1, 0.15) is 17.8 Å². The van der Waals surface area contributed by atoms with Crippen molar-refractivity contribution in [1.82, 2.24) is 15.3 Å². The highest BCUT2D eigenvalue weighted by molar-refractivity contribution is 6.11. The van der Waals surface area contributed by atoms with Gasteiger partial charge < -0.3 is 15.3 Å². The van der Waals surface area contributed by atoms with Crippen LogP contribution >= 0.6 is 0 Å². The van der Waals surface area contributed by atoms with Gasteiger partial charge in [-0.05, 0) is 61.1 Å². The molecule has 0 aliphatic carbocycles. The quantitative estimate of drug-likeness (QED) is 0.679. The molecule has 0 amide bonds. The van der Waals surface area contributed by atoms with Crippen LogP contribution in [0.3, 0.4) is 0 Å². The number of fused-ring (bicyclic) bond motifs is 8. The zero-order valence-electron chi connectivity index (χ0n) is 12.5. The fourth-order valence-electron chi connectivity index (χ4n) is 3.21. The lowest BCUT2D eigenvalue weighted by Gasteiger charge is -2.08. The molecule has 3 aliphatic heterocycles. The maximum atomic E-state index is 4.71. The average Bonchev–Trinajstić information content (AvgIpc) is 3.28. The van der Waals surface area contributed by atoms with Gasteiger partial charge in [0.25, 0.3) is 0 Å². The topological polar surface area (TPSA) is 56.0 Å². The van der Waals surface area contributed by atoms with E-state index >= 15 is 0 Å². The summed E-state index contributed by atoms with van der Waals surface area (Å²) in [4.78, 5) is 11.6. The van der Waals surface area contributed by atoms with Crippen LogP contribution in [0.2, 0.25) is 0 Å². The number of aliphatic imine (C=N–C) groups is 1. The summed E-state index contributed by atoms with van der Waals surface area (Å²) in [6.07, 6.45) is 13.8. The van der Waals surface area contributed by atoms with Crippen molar-refractivity contribution in [2.24, 2.45) is 4.99 Å². The minimum Gasteiger partial charge on any atom is -0.377 e. The summed E-state index contributed by atoms with van der Waals surface area (Å²) in [5.74, 6) is 0. The van der Waals surface area contributed by atoms with Gasteiger partial charge in [0.05, 0.1) is 23.1 Å². The first-order chi connectivity index (χ1) is 11.3. The molecule has 0 radical (unpaired) electrons. The molecule has 2 aromatic heterocycles. The van der Waals surface area contributed by atoms with Gasteiger partial charge in [0.1, 0.15) is 0 Å². The molecule has 5 rings (SSSR count). The number of aromatic amines is 2. The highest BCUT2D eigenvalue weighted by Crippen LogP contribution is 2.20. The smallest absolute Gasteiger partial charge is 0.0865 e. The highest BCUT2D eigenvalue weighted by Gasteiger charge is 2.18. The molecule has 0 saturated heterocycles. The van der Waals surface area contributed by atoms with E-state index in [4.69, 9.17) is 4.99 Å². The van der Waals surface area contributed by atoms with Gasteiger partial charge in [-0.2, -0.15) is 0 Å². The van der Waals surface area contributed by atoms with Crippen molar-refractivity contribution in [3.63, 3.8) is 0 Å². The number of hydrogen-bond acceptors (Lipinski definition) is 2. The number of nitrogens with zero attached hydrogens (tertiary/aromatic N) is 1. The lowest BCUT2D eigenvalue weighted by molar-refractivity contribution is 0.780. The molecule has 2 aromatic rings. The van der Waals surface area contributed by atoms with Crippen LogP contribution in [0.15, 0.2) is 58.9 Å². The van der Waals surface area contributed by atoms with Gasteiger partial charge in [-0.25, -0.2) is 4.99 Å². The zero-order chi connectivity index (χ0) is 15.2. The molecule has 23 heavy (non-hydrogen) atoms. The van der Waals surface area contributed by atoms with E-state index in [1.165, 1.54) is 0 Å². The molecule has 0 fully saturated rings. The number of allylic oxidation sites excluding steroid dienone is 2. The molecule has 1 atom stereocenters. The number of H-pyrrole nitrogens is 2. The summed E-state index contributed by atoms with van der Waals surface area (Å²) < 4.78 is 0. The molecule has 112 valence electrons. The lowest BCUT2D eigenvalue weighted by Crippen LogP contribution is -2.25. The number of hydrogen-bond donors (Lipinski definition) is 3. The van der Waals surface area contributed by atoms with E-state index in [1.54, 1.807) is 0 Å². The molecule has 4 heteroatoms. The molecule has 3 N–H and O–H groups in total. The van der Waals surface area contributed by atoms with Crippen molar-refractivity contribution in [3.05, 3.63) is 76.0 Å². The Bertz CT molecular complexity index is 1020. The second kappa shape index (κ2) is 4.74. The van der Waals surface area contributed by atoms with Gasteiger partial charge in [0.15, 0.2) is 0 Å². The average molecular weight is 300 g/mol. The Labute approximate surface area is 133 Å². The Hall–Kier alpha value is -3.01. The molecule has 1 unspecified atom stereocenters. The van der Waals surface area contributed by atoms with E-state index in [0.29, 0.717) is 6.04 Å². The van der Waals surface area contributed by atoms with Crippen LogP contribution in [-0.2, 0) is 0 Å². The summed E-state index contributed by atoms with van der Waals surface area (Å²) in [5.41, 5.74) is 5.23. The third-order valence-electron chi connectivity index (χ3n) is 4.31. The third-order valence-corrected chi connectivity index (χ3v) is 4.31. The summed E-state index contributed by atoms with van der Waals surface area (Å²) in [7, 11) is 0. The molecule has 3 aliphatic rings. The molecule has 0 aromatic carbocycles.